The van der Waals surface area contributed by atoms with Gasteiger partial charge < -0.3 is 10.3 Å². The second kappa shape index (κ2) is 9.61. The number of H-pyrrole nitrogens is 1. The SMILES string of the molecule is C[C@@H](Sc1nnc(-c2c[nH]c3ccccc23)n1-c1ccccc1)C(=O)Nc1ccc(S(N)(=O)=O)cc1. The van der Waals surface area contributed by atoms with Crippen LogP contribution in [0, 0.1) is 0 Å². The Kier molecular flexibility index (Phi) is 6.35. The maximum Gasteiger partial charge on any atom is 0.238 e. The van der Waals surface area contributed by atoms with Crippen LogP contribution in [0.25, 0.3) is 28.0 Å². The average molecular weight is 519 g/mol. The molecular weight excluding hydrogens is 496 g/mol. The Hall–Kier alpha value is -3.93. The van der Waals surface area contributed by atoms with Crippen molar-refractivity contribution in [1.82, 2.24) is 19.7 Å². The van der Waals surface area contributed by atoms with Gasteiger partial charge in [0.1, 0.15) is 0 Å². The van der Waals surface area contributed by atoms with Crippen LogP contribution in [-0.4, -0.2) is 39.3 Å². The van der Waals surface area contributed by atoms with Crippen molar-refractivity contribution in [2.75, 3.05) is 5.32 Å². The molecule has 2 heterocycles. The van der Waals surface area contributed by atoms with Crippen LogP contribution in [0.3, 0.4) is 0 Å². The van der Waals surface area contributed by atoms with Gasteiger partial charge in [0.25, 0.3) is 0 Å². The number of aromatic amines is 1. The number of rotatable bonds is 7. The highest BCUT2D eigenvalue weighted by Gasteiger charge is 2.23. The quantitative estimate of drug-likeness (QED) is 0.277. The summed E-state index contributed by atoms with van der Waals surface area (Å²) >= 11 is 1.27. The van der Waals surface area contributed by atoms with E-state index in [2.05, 4.69) is 20.5 Å². The van der Waals surface area contributed by atoms with E-state index in [-0.39, 0.29) is 10.8 Å². The highest BCUT2D eigenvalue weighted by molar-refractivity contribution is 8.00. The van der Waals surface area contributed by atoms with Crippen molar-refractivity contribution in [3.05, 3.63) is 85.1 Å². The zero-order valence-corrected chi connectivity index (χ0v) is 20.8. The number of nitrogens with zero attached hydrogens (tertiary/aromatic N) is 3. The minimum absolute atomic E-state index is 0.0244. The fraction of sp³-hybridized carbons (Fsp3) is 0.0800. The summed E-state index contributed by atoms with van der Waals surface area (Å²) in [5, 5.41) is 17.9. The summed E-state index contributed by atoms with van der Waals surface area (Å²) in [7, 11) is -3.80. The van der Waals surface area contributed by atoms with Crippen LogP contribution in [0.4, 0.5) is 5.69 Å². The molecule has 1 amide bonds. The van der Waals surface area contributed by atoms with E-state index in [1.807, 2.05) is 65.4 Å². The van der Waals surface area contributed by atoms with Gasteiger partial charge in [-0.1, -0.05) is 48.2 Å². The molecule has 0 unspecified atom stereocenters. The Balaban J connectivity index is 1.44. The number of sulfonamides is 1. The minimum Gasteiger partial charge on any atom is -0.360 e. The molecule has 4 N–H and O–H groups in total. The Morgan fingerprint density at radius 2 is 1.69 bits per heavy atom. The maximum atomic E-state index is 12.9. The lowest BCUT2D eigenvalue weighted by Crippen LogP contribution is -2.23. The van der Waals surface area contributed by atoms with Crippen LogP contribution in [0.15, 0.2) is 95.1 Å². The van der Waals surface area contributed by atoms with Crippen molar-refractivity contribution < 1.29 is 13.2 Å². The number of aromatic nitrogens is 4. The fourth-order valence-electron chi connectivity index (χ4n) is 3.77. The standard InChI is InChI=1S/C25H22N6O3S2/c1-16(24(32)28-17-11-13-19(14-12-17)36(26,33)34)35-25-30-29-23(31(25)18-7-3-2-4-8-18)21-15-27-22-10-6-5-9-20(21)22/h2-16,27H,1H3,(H,28,32)(H2,26,33,34)/t16-/m1/s1. The summed E-state index contributed by atoms with van der Waals surface area (Å²) < 4.78 is 24.8. The zero-order chi connectivity index (χ0) is 25.3. The molecular formula is C25H22N6O3S2. The van der Waals surface area contributed by atoms with E-state index < -0.39 is 15.3 Å². The highest BCUT2D eigenvalue weighted by Crippen LogP contribution is 2.33. The number of carbonyl (C=O) groups excluding carboxylic acids is 1. The van der Waals surface area contributed by atoms with Gasteiger partial charge in [-0.3, -0.25) is 9.36 Å². The Bertz CT molecular complexity index is 1640. The van der Waals surface area contributed by atoms with Crippen LogP contribution in [0.1, 0.15) is 6.92 Å². The smallest absolute Gasteiger partial charge is 0.238 e. The first-order chi connectivity index (χ1) is 17.3. The monoisotopic (exact) mass is 518 g/mol. The van der Waals surface area contributed by atoms with Gasteiger partial charge in [-0.15, -0.1) is 10.2 Å². The van der Waals surface area contributed by atoms with E-state index in [1.54, 1.807) is 6.92 Å². The fourth-order valence-corrected chi connectivity index (χ4v) is 5.15. The normalized spacial score (nSPS) is 12.5. The van der Waals surface area contributed by atoms with Crippen LogP contribution in [-0.2, 0) is 14.8 Å². The number of fused-ring (bicyclic) bond motifs is 1. The predicted octanol–water partition coefficient (Wildman–Crippen LogP) is 4.18. The molecule has 1 atom stereocenters. The van der Waals surface area contributed by atoms with E-state index in [9.17, 15) is 13.2 Å². The molecule has 2 aromatic heterocycles. The van der Waals surface area contributed by atoms with Gasteiger partial charge in [-0.25, -0.2) is 13.6 Å². The third-order valence-electron chi connectivity index (χ3n) is 5.58. The number of para-hydroxylation sites is 2. The van der Waals surface area contributed by atoms with Crippen molar-refractivity contribution in [1.29, 1.82) is 0 Å². The number of benzene rings is 3. The number of amides is 1. The van der Waals surface area contributed by atoms with E-state index in [0.29, 0.717) is 16.7 Å². The molecule has 182 valence electrons. The largest absolute Gasteiger partial charge is 0.360 e. The van der Waals surface area contributed by atoms with Gasteiger partial charge in [0.15, 0.2) is 11.0 Å². The summed E-state index contributed by atoms with van der Waals surface area (Å²) in [4.78, 5) is 16.2. The molecule has 5 rings (SSSR count). The van der Waals surface area contributed by atoms with Gasteiger partial charge >= 0.3 is 0 Å². The van der Waals surface area contributed by atoms with Gasteiger partial charge in [-0.05, 0) is 49.4 Å². The second-order valence-corrected chi connectivity index (χ2v) is 10.9. The van der Waals surface area contributed by atoms with Gasteiger partial charge in [0.2, 0.25) is 15.9 Å². The summed E-state index contributed by atoms with van der Waals surface area (Å²) in [5.41, 5.74) is 3.23. The molecule has 0 spiro atoms. The summed E-state index contributed by atoms with van der Waals surface area (Å²) in [6.07, 6.45) is 1.91. The first kappa shape index (κ1) is 23.8. The van der Waals surface area contributed by atoms with Crippen molar-refractivity contribution in [2.24, 2.45) is 5.14 Å². The van der Waals surface area contributed by atoms with Gasteiger partial charge in [0.05, 0.1) is 10.1 Å². The Morgan fingerprint density at radius 1 is 1.00 bits per heavy atom. The molecule has 0 bridgehead atoms. The topological polar surface area (TPSA) is 136 Å². The van der Waals surface area contributed by atoms with Crippen molar-refractivity contribution >= 4 is 44.3 Å². The van der Waals surface area contributed by atoms with Gasteiger partial charge in [-0.2, -0.15) is 0 Å². The first-order valence-corrected chi connectivity index (χ1v) is 13.4. The van der Waals surface area contributed by atoms with Crippen LogP contribution in [0.5, 0.6) is 0 Å². The number of hydrogen-bond acceptors (Lipinski definition) is 6. The number of carbonyl (C=O) groups is 1. The molecule has 0 saturated carbocycles. The van der Waals surface area contributed by atoms with E-state index >= 15 is 0 Å². The predicted molar refractivity (Wildman–Crippen MR) is 140 cm³/mol. The maximum absolute atomic E-state index is 12.9. The first-order valence-electron chi connectivity index (χ1n) is 11.0. The average Bonchev–Trinajstić information content (AvgIpc) is 3.48. The van der Waals surface area contributed by atoms with E-state index in [4.69, 9.17) is 5.14 Å². The summed E-state index contributed by atoms with van der Waals surface area (Å²) in [6, 6.07) is 23.4. The molecule has 0 aliphatic rings. The number of hydrogen-bond donors (Lipinski definition) is 3. The zero-order valence-electron chi connectivity index (χ0n) is 19.1. The highest BCUT2D eigenvalue weighted by atomic mass is 32.2. The third-order valence-corrected chi connectivity index (χ3v) is 7.55. The Morgan fingerprint density at radius 3 is 2.42 bits per heavy atom. The molecule has 0 aliphatic carbocycles. The molecule has 0 aliphatic heterocycles. The number of anilines is 1. The molecule has 0 fully saturated rings. The minimum atomic E-state index is -3.80. The number of nitrogens with one attached hydrogen (secondary N) is 2. The van der Waals surface area contributed by atoms with Crippen LogP contribution >= 0.6 is 11.8 Å². The van der Waals surface area contributed by atoms with Crippen molar-refractivity contribution in [2.45, 2.75) is 22.2 Å². The summed E-state index contributed by atoms with van der Waals surface area (Å²) in [6.45, 7) is 1.77. The number of thioether (sulfide) groups is 1. The lowest BCUT2D eigenvalue weighted by atomic mass is 10.1. The molecule has 0 radical (unpaired) electrons. The molecule has 0 saturated heterocycles. The second-order valence-electron chi connectivity index (χ2n) is 8.04. The van der Waals surface area contributed by atoms with Crippen LogP contribution < -0.4 is 10.5 Å². The van der Waals surface area contributed by atoms with E-state index in [1.165, 1.54) is 36.0 Å². The van der Waals surface area contributed by atoms with Gasteiger partial charge in [0, 0.05) is 34.0 Å². The Labute approximate surface area is 211 Å². The molecule has 11 heteroatoms. The lowest BCUT2D eigenvalue weighted by molar-refractivity contribution is -0.115. The molecule has 36 heavy (non-hydrogen) atoms. The number of nitrogens with two attached hydrogens (primary N) is 1. The third kappa shape index (κ3) is 4.76. The van der Waals surface area contributed by atoms with Crippen LogP contribution in [0.2, 0.25) is 0 Å². The molecule has 9 nitrogen and oxygen atoms in total. The summed E-state index contributed by atoms with van der Waals surface area (Å²) in [5.74, 6) is 0.395. The van der Waals surface area contributed by atoms with Crippen molar-refractivity contribution in [3.8, 4) is 17.1 Å². The number of primary sulfonamides is 1. The van der Waals surface area contributed by atoms with E-state index in [0.717, 1.165) is 22.2 Å². The molecule has 3 aromatic carbocycles. The lowest BCUT2D eigenvalue weighted by Gasteiger charge is -2.14. The molecule has 5 aromatic rings. The van der Waals surface area contributed by atoms with Crippen molar-refractivity contribution in [3.63, 3.8) is 0 Å².